The molecule has 0 saturated carbocycles. The van der Waals surface area contributed by atoms with E-state index in [9.17, 15) is 0 Å². The van der Waals surface area contributed by atoms with Crippen molar-refractivity contribution in [1.82, 2.24) is 9.97 Å². The minimum absolute atomic E-state index is 0.490. The van der Waals surface area contributed by atoms with Gasteiger partial charge < -0.3 is 10.6 Å². The van der Waals surface area contributed by atoms with Gasteiger partial charge in [0.15, 0.2) is 0 Å². The van der Waals surface area contributed by atoms with Crippen molar-refractivity contribution in [2.45, 2.75) is 26.2 Å². The summed E-state index contributed by atoms with van der Waals surface area (Å²) in [6, 6.07) is 0. The number of hydrogen-bond donors (Lipinski definition) is 1. The topological polar surface area (TPSA) is 55.0 Å². The van der Waals surface area contributed by atoms with Crippen LogP contribution in [0.5, 0.6) is 0 Å². The molecule has 1 atom stereocenters. The van der Waals surface area contributed by atoms with Gasteiger partial charge in [0.1, 0.15) is 0 Å². The fourth-order valence-electron chi connectivity index (χ4n) is 2.00. The Bertz CT molecular complexity index is 333. The first-order valence-electron chi connectivity index (χ1n) is 5.97. The van der Waals surface area contributed by atoms with E-state index in [2.05, 4.69) is 28.7 Å². The largest absolute Gasteiger partial charge is 0.340 e. The second-order valence-corrected chi connectivity index (χ2v) is 4.81. The van der Waals surface area contributed by atoms with Crippen molar-refractivity contribution in [2.75, 3.05) is 24.5 Å². The molecule has 1 aromatic rings. The summed E-state index contributed by atoms with van der Waals surface area (Å²) >= 11 is 0. The number of rotatable bonds is 3. The number of anilines is 1. The third-order valence-corrected chi connectivity index (χ3v) is 3.23. The van der Waals surface area contributed by atoms with Crippen LogP contribution in [-0.4, -0.2) is 29.6 Å². The molecular formula is C12H20N4. The van der Waals surface area contributed by atoms with Gasteiger partial charge in [-0.1, -0.05) is 13.8 Å². The Morgan fingerprint density at radius 1 is 1.44 bits per heavy atom. The minimum Gasteiger partial charge on any atom is -0.340 e. The fourth-order valence-corrected chi connectivity index (χ4v) is 2.00. The highest BCUT2D eigenvalue weighted by molar-refractivity contribution is 5.32. The molecule has 16 heavy (non-hydrogen) atoms. The van der Waals surface area contributed by atoms with Crippen LogP contribution in [0.15, 0.2) is 12.4 Å². The molecule has 1 saturated heterocycles. The van der Waals surface area contributed by atoms with E-state index in [1.807, 2.05) is 12.4 Å². The predicted octanol–water partition coefficient (Wildman–Crippen LogP) is 1.39. The Labute approximate surface area is 96.9 Å². The first-order valence-corrected chi connectivity index (χ1v) is 5.97. The van der Waals surface area contributed by atoms with Crippen molar-refractivity contribution in [1.29, 1.82) is 0 Å². The first-order chi connectivity index (χ1) is 7.70. The van der Waals surface area contributed by atoms with Gasteiger partial charge in [0, 0.05) is 25.5 Å². The summed E-state index contributed by atoms with van der Waals surface area (Å²) in [7, 11) is 0. The van der Waals surface area contributed by atoms with Crippen LogP contribution in [0.1, 0.15) is 31.7 Å². The third-order valence-electron chi connectivity index (χ3n) is 3.23. The lowest BCUT2D eigenvalue weighted by molar-refractivity contribution is 0.601. The standard InChI is InChI=1S/C12H20N4/c1-9(2)11-6-14-12(15-7-11)16-4-3-10(5-13)8-16/h6-7,9-10H,3-5,8,13H2,1-2H3. The molecule has 1 aromatic heterocycles. The molecule has 2 rings (SSSR count). The zero-order chi connectivity index (χ0) is 11.5. The summed E-state index contributed by atoms with van der Waals surface area (Å²) in [5.41, 5.74) is 6.86. The molecule has 0 radical (unpaired) electrons. The Kier molecular flexibility index (Phi) is 3.39. The number of nitrogens with zero attached hydrogens (tertiary/aromatic N) is 3. The summed E-state index contributed by atoms with van der Waals surface area (Å²) in [5.74, 6) is 1.94. The second-order valence-electron chi connectivity index (χ2n) is 4.81. The van der Waals surface area contributed by atoms with Crippen molar-refractivity contribution in [3.8, 4) is 0 Å². The van der Waals surface area contributed by atoms with E-state index in [0.29, 0.717) is 11.8 Å². The van der Waals surface area contributed by atoms with E-state index in [4.69, 9.17) is 5.73 Å². The smallest absolute Gasteiger partial charge is 0.225 e. The maximum absolute atomic E-state index is 5.67. The van der Waals surface area contributed by atoms with E-state index in [1.165, 1.54) is 5.56 Å². The molecule has 1 aliphatic rings. The zero-order valence-electron chi connectivity index (χ0n) is 10.1. The van der Waals surface area contributed by atoms with E-state index in [-0.39, 0.29) is 0 Å². The Balaban J connectivity index is 2.05. The molecule has 4 nitrogen and oxygen atoms in total. The van der Waals surface area contributed by atoms with Crippen LogP contribution < -0.4 is 10.6 Å². The summed E-state index contributed by atoms with van der Waals surface area (Å²) in [4.78, 5) is 11.1. The van der Waals surface area contributed by atoms with Crippen LogP contribution >= 0.6 is 0 Å². The summed E-state index contributed by atoms with van der Waals surface area (Å²) in [6.07, 6.45) is 5.03. The first kappa shape index (κ1) is 11.3. The normalized spacial score (nSPS) is 20.8. The maximum atomic E-state index is 5.67. The van der Waals surface area contributed by atoms with E-state index >= 15 is 0 Å². The quantitative estimate of drug-likeness (QED) is 0.836. The molecule has 0 aromatic carbocycles. The lowest BCUT2D eigenvalue weighted by atomic mass is 10.1. The van der Waals surface area contributed by atoms with Crippen LogP contribution in [0.25, 0.3) is 0 Å². The molecule has 1 unspecified atom stereocenters. The molecule has 2 N–H and O–H groups in total. The third kappa shape index (κ3) is 2.32. The molecule has 0 spiro atoms. The van der Waals surface area contributed by atoms with Crippen LogP contribution in [0.2, 0.25) is 0 Å². The van der Waals surface area contributed by atoms with Crippen LogP contribution in [-0.2, 0) is 0 Å². The van der Waals surface area contributed by atoms with Gasteiger partial charge in [-0.25, -0.2) is 9.97 Å². The highest BCUT2D eigenvalue weighted by Gasteiger charge is 2.22. The zero-order valence-corrected chi connectivity index (χ0v) is 10.1. The average molecular weight is 220 g/mol. The second kappa shape index (κ2) is 4.78. The van der Waals surface area contributed by atoms with Crippen molar-refractivity contribution >= 4 is 5.95 Å². The highest BCUT2D eigenvalue weighted by atomic mass is 15.3. The summed E-state index contributed by atoms with van der Waals surface area (Å²) < 4.78 is 0. The van der Waals surface area contributed by atoms with Gasteiger partial charge >= 0.3 is 0 Å². The minimum atomic E-state index is 0.490. The van der Waals surface area contributed by atoms with Crippen molar-refractivity contribution < 1.29 is 0 Å². The summed E-state index contributed by atoms with van der Waals surface area (Å²) in [5, 5.41) is 0. The average Bonchev–Trinajstić information content (AvgIpc) is 2.77. The number of hydrogen-bond acceptors (Lipinski definition) is 4. The molecule has 2 heterocycles. The van der Waals surface area contributed by atoms with Gasteiger partial charge in [0.05, 0.1) is 0 Å². The van der Waals surface area contributed by atoms with Crippen LogP contribution in [0, 0.1) is 5.92 Å². The number of nitrogens with two attached hydrogens (primary N) is 1. The maximum Gasteiger partial charge on any atom is 0.225 e. The Morgan fingerprint density at radius 2 is 2.12 bits per heavy atom. The lowest BCUT2D eigenvalue weighted by Crippen LogP contribution is -2.24. The van der Waals surface area contributed by atoms with Crippen LogP contribution in [0.3, 0.4) is 0 Å². The molecule has 1 aliphatic heterocycles. The Hall–Kier alpha value is -1.16. The molecule has 0 aliphatic carbocycles. The van der Waals surface area contributed by atoms with Crippen molar-refractivity contribution in [3.05, 3.63) is 18.0 Å². The molecule has 1 fully saturated rings. The number of aromatic nitrogens is 2. The molecule has 88 valence electrons. The van der Waals surface area contributed by atoms with Gasteiger partial charge in [-0.2, -0.15) is 0 Å². The molecular weight excluding hydrogens is 200 g/mol. The van der Waals surface area contributed by atoms with E-state index in [1.54, 1.807) is 0 Å². The van der Waals surface area contributed by atoms with Crippen LogP contribution in [0.4, 0.5) is 5.95 Å². The van der Waals surface area contributed by atoms with Gasteiger partial charge in [-0.05, 0) is 30.4 Å². The summed E-state index contributed by atoms with van der Waals surface area (Å²) in [6.45, 7) is 7.10. The van der Waals surface area contributed by atoms with Gasteiger partial charge in [0.2, 0.25) is 5.95 Å². The molecule has 4 heteroatoms. The predicted molar refractivity (Wildman–Crippen MR) is 65.5 cm³/mol. The SMILES string of the molecule is CC(C)c1cnc(N2CCC(CN)C2)nc1. The van der Waals surface area contributed by atoms with E-state index < -0.39 is 0 Å². The monoisotopic (exact) mass is 220 g/mol. The lowest BCUT2D eigenvalue weighted by Gasteiger charge is -2.16. The van der Waals surface area contributed by atoms with Crippen molar-refractivity contribution in [3.63, 3.8) is 0 Å². The molecule has 0 amide bonds. The molecule has 0 bridgehead atoms. The van der Waals surface area contributed by atoms with Gasteiger partial charge in [-0.3, -0.25) is 0 Å². The van der Waals surface area contributed by atoms with E-state index in [0.717, 1.165) is 32.0 Å². The fraction of sp³-hybridized carbons (Fsp3) is 0.667. The Morgan fingerprint density at radius 3 is 2.62 bits per heavy atom. The highest BCUT2D eigenvalue weighted by Crippen LogP contribution is 2.20. The van der Waals surface area contributed by atoms with Gasteiger partial charge in [0.25, 0.3) is 0 Å². The van der Waals surface area contributed by atoms with Crippen molar-refractivity contribution in [2.24, 2.45) is 11.7 Å². The van der Waals surface area contributed by atoms with Gasteiger partial charge in [-0.15, -0.1) is 0 Å².